The molecule has 190 valence electrons. The molecule has 0 bridgehead atoms. The summed E-state index contributed by atoms with van der Waals surface area (Å²) < 4.78 is 24.7. The van der Waals surface area contributed by atoms with Crippen molar-refractivity contribution >= 4 is 5.91 Å². The van der Waals surface area contributed by atoms with Gasteiger partial charge in [0.1, 0.15) is 23.0 Å². The third kappa shape index (κ3) is 5.07. The lowest BCUT2D eigenvalue weighted by Crippen LogP contribution is -2.29. The number of nitrogens with zero attached hydrogens (tertiary/aromatic N) is 2. The summed E-state index contributed by atoms with van der Waals surface area (Å²) in [6, 6.07) is 21.4. The summed E-state index contributed by atoms with van der Waals surface area (Å²) >= 11 is 0. The molecule has 4 aromatic rings. The molecule has 1 unspecified atom stereocenters. The van der Waals surface area contributed by atoms with Crippen molar-refractivity contribution in [1.82, 2.24) is 15.1 Å². The van der Waals surface area contributed by atoms with Crippen LogP contribution in [0, 0.1) is 5.82 Å². The minimum Gasteiger partial charge on any atom is -0.497 e. The first-order valence-corrected chi connectivity index (χ1v) is 12.6. The Balaban J connectivity index is 1.51. The van der Waals surface area contributed by atoms with Gasteiger partial charge in [-0.25, -0.2) is 4.39 Å². The van der Waals surface area contributed by atoms with Crippen LogP contribution in [0.3, 0.4) is 0 Å². The predicted octanol–water partition coefficient (Wildman–Crippen LogP) is 6.54. The van der Waals surface area contributed by atoms with E-state index in [-0.39, 0.29) is 17.8 Å². The van der Waals surface area contributed by atoms with Crippen LogP contribution in [0.1, 0.15) is 59.4 Å². The Morgan fingerprint density at radius 2 is 1.65 bits per heavy atom. The van der Waals surface area contributed by atoms with E-state index in [1.54, 1.807) is 24.1 Å². The normalized spacial score (nSPS) is 14.6. The number of fused-ring (bicyclic) bond motifs is 1. The van der Waals surface area contributed by atoms with E-state index >= 15 is 0 Å². The molecule has 0 spiro atoms. The number of unbranched alkanes of at least 4 members (excludes halogenated alkanes) is 2. The third-order valence-corrected chi connectivity index (χ3v) is 6.71. The summed E-state index contributed by atoms with van der Waals surface area (Å²) in [4.78, 5) is 15.4. The highest BCUT2D eigenvalue weighted by Gasteiger charge is 2.42. The molecule has 1 aromatic heterocycles. The highest BCUT2D eigenvalue weighted by atomic mass is 19.1. The average molecular weight is 500 g/mol. The molecule has 1 N–H and O–H groups in total. The van der Waals surface area contributed by atoms with Crippen molar-refractivity contribution in [1.29, 1.82) is 0 Å². The molecular weight excluding hydrogens is 469 g/mol. The van der Waals surface area contributed by atoms with Gasteiger partial charge in [0, 0.05) is 17.7 Å². The number of hydrogen-bond donors (Lipinski definition) is 1. The number of amides is 1. The highest BCUT2D eigenvalue weighted by Crippen LogP contribution is 2.44. The van der Waals surface area contributed by atoms with Crippen LogP contribution in [0.15, 0.2) is 72.8 Å². The molecule has 1 atom stereocenters. The highest BCUT2D eigenvalue weighted by molar-refractivity contribution is 6.00. The zero-order chi connectivity index (χ0) is 25.8. The van der Waals surface area contributed by atoms with Crippen molar-refractivity contribution in [2.24, 2.45) is 0 Å². The lowest BCUT2D eigenvalue weighted by Gasteiger charge is -2.26. The SMILES string of the molecule is CCCCCOc1ccc(C2c3c(-c4ccc(OC)cc4)n[nH]c3C(=O)N2Cc2ccc(F)cc2)cc1. The molecule has 1 aliphatic rings. The zero-order valence-electron chi connectivity index (χ0n) is 21.0. The molecule has 1 aliphatic heterocycles. The van der Waals surface area contributed by atoms with Crippen LogP contribution in [0.5, 0.6) is 11.5 Å². The molecular formula is C30H30FN3O3. The number of benzene rings is 3. The van der Waals surface area contributed by atoms with Gasteiger partial charge in [-0.05, 0) is 66.1 Å². The fourth-order valence-corrected chi connectivity index (χ4v) is 4.75. The second-order valence-electron chi connectivity index (χ2n) is 9.18. The van der Waals surface area contributed by atoms with Crippen molar-refractivity contribution in [3.8, 4) is 22.8 Å². The number of rotatable bonds is 10. The molecule has 0 radical (unpaired) electrons. The first-order valence-electron chi connectivity index (χ1n) is 12.6. The van der Waals surface area contributed by atoms with Gasteiger partial charge in [0.05, 0.1) is 25.5 Å². The van der Waals surface area contributed by atoms with Crippen LogP contribution < -0.4 is 9.47 Å². The second-order valence-corrected chi connectivity index (χ2v) is 9.18. The smallest absolute Gasteiger partial charge is 0.273 e. The summed E-state index contributed by atoms with van der Waals surface area (Å²) in [5, 5.41) is 7.51. The van der Waals surface area contributed by atoms with Gasteiger partial charge in [0.2, 0.25) is 0 Å². The van der Waals surface area contributed by atoms with Crippen LogP contribution >= 0.6 is 0 Å². The fourth-order valence-electron chi connectivity index (χ4n) is 4.75. The number of nitrogens with one attached hydrogen (secondary N) is 1. The predicted molar refractivity (Wildman–Crippen MR) is 140 cm³/mol. The number of halogens is 1. The molecule has 0 fully saturated rings. The molecule has 3 aromatic carbocycles. The Morgan fingerprint density at radius 3 is 2.32 bits per heavy atom. The van der Waals surface area contributed by atoms with Gasteiger partial charge in [-0.3, -0.25) is 9.89 Å². The van der Waals surface area contributed by atoms with E-state index in [1.165, 1.54) is 12.1 Å². The Hall–Kier alpha value is -4.13. The van der Waals surface area contributed by atoms with Gasteiger partial charge >= 0.3 is 0 Å². The number of H-pyrrole nitrogens is 1. The van der Waals surface area contributed by atoms with Gasteiger partial charge in [0.25, 0.3) is 5.91 Å². The molecule has 1 amide bonds. The van der Waals surface area contributed by atoms with Crippen LogP contribution in [-0.4, -0.2) is 34.7 Å². The largest absolute Gasteiger partial charge is 0.497 e. The van der Waals surface area contributed by atoms with Gasteiger partial charge in [-0.15, -0.1) is 0 Å². The molecule has 5 rings (SSSR count). The maximum absolute atomic E-state index is 13.6. The Labute approximate surface area is 216 Å². The van der Waals surface area contributed by atoms with E-state index in [2.05, 4.69) is 17.1 Å². The van der Waals surface area contributed by atoms with Gasteiger partial charge in [-0.2, -0.15) is 5.10 Å². The number of carbonyl (C=O) groups is 1. The van der Waals surface area contributed by atoms with E-state index in [9.17, 15) is 9.18 Å². The van der Waals surface area contributed by atoms with Crippen LogP contribution in [0.2, 0.25) is 0 Å². The van der Waals surface area contributed by atoms with E-state index in [4.69, 9.17) is 9.47 Å². The second kappa shape index (κ2) is 10.9. The molecule has 2 heterocycles. The van der Waals surface area contributed by atoms with Crippen LogP contribution in [-0.2, 0) is 6.54 Å². The lowest BCUT2D eigenvalue weighted by atomic mass is 9.95. The monoisotopic (exact) mass is 499 g/mol. The van der Waals surface area contributed by atoms with E-state index in [1.807, 2.05) is 48.5 Å². The van der Waals surface area contributed by atoms with Crippen LogP contribution in [0.4, 0.5) is 4.39 Å². The summed E-state index contributed by atoms with van der Waals surface area (Å²) in [7, 11) is 1.63. The van der Waals surface area contributed by atoms with Crippen molar-refractivity contribution in [2.75, 3.05) is 13.7 Å². The number of ether oxygens (including phenoxy) is 2. The summed E-state index contributed by atoms with van der Waals surface area (Å²) in [6.07, 6.45) is 3.30. The quantitative estimate of drug-likeness (QED) is 0.252. The standard InChI is InChI=1S/C30H30FN3O3/c1-3-4-5-18-37-25-16-10-22(11-17-25)29-26-27(21-8-14-24(36-2)15-9-21)32-33-28(26)30(35)34(29)19-20-6-12-23(31)13-7-20/h6-17,29H,3-5,18-19H2,1-2H3,(H,32,33). The van der Waals surface area contributed by atoms with Gasteiger partial charge in [0.15, 0.2) is 0 Å². The molecule has 0 aliphatic carbocycles. The van der Waals surface area contributed by atoms with Crippen molar-refractivity contribution in [3.05, 3.63) is 101 Å². The summed E-state index contributed by atoms with van der Waals surface area (Å²) in [6.45, 7) is 3.18. The van der Waals surface area contributed by atoms with Gasteiger partial charge in [-0.1, -0.05) is 44.0 Å². The van der Waals surface area contributed by atoms with Crippen LogP contribution in [0.25, 0.3) is 11.3 Å². The maximum Gasteiger partial charge on any atom is 0.273 e. The summed E-state index contributed by atoms with van der Waals surface area (Å²) in [5.41, 5.74) is 4.70. The van der Waals surface area contributed by atoms with Crippen molar-refractivity contribution in [3.63, 3.8) is 0 Å². The minimum absolute atomic E-state index is 0.142. The van der Waals surface area contributed by atoms with Crippen molar-refractivity contribution in [2.45, 2.75) is 38.8 Å². The Morgan fingerprint density at radius 1 is 0.946 bits per heavy atom. The van der Waals surface area contributed by atoms with E-state index in [0.29, 0.717) is 18.8 Å². The number of carbonyl (C=O) groups excluding carboxylic acids is 1. The molecule has 6 nitrogen and oxygen atoms in total. The molecule has 37 heavy (non-hydrogen) atoms. The fraction of sp³-hybridized carbons (Fsp3) is 0.267. The number of aromatic amines is 1. The minimum atomic E-state index is -0.363. The summed E-state index contributed by atoms with van der Waals surface area (Å²) in [5.74, 6) is 1.10. The van der Waals surface area contributed by atoms with Gasteiger partial charge < -0.3 is 14.4 Å². The topological polar surface area (TPSA) is 67.5 Å². The number of hydrogen-bond acceptors (Lipinski definition) is 4. The average Bonchev–Trinajstić information content (AvgIpc) is 3.47. The van der Waals surface area contributed by atoms with E-state index in [0.717, 1.165) is 58.7 Å². The zero-order valence-corrected chi connectivity index (χ0v) is 21.0. The Bertz CT molecular complexity index is 1350. The molecule has 7 heteroatoms. The first-order chi connectivity index (χ1) is 18.1. The maximum atomic E-state index is 13.6. The molecule has 0 saturated heterocycles. The van der Waals surface area contributed by atoms with E-state index < -0.39 is 0 Å². The molecule has 0 saturated carbocycles. The first kappa shape index (κ1) is 24.6. The number of aromatic nitrogens is 2. The lowest BCUT2D eigenvalue weighted by molar-refractivity contribution is 0.0730. The third-order valence-electron chi connectivity index (χ3n) is 6.71. The number of methoxy groups -OCH3 is 1. The van der Waals surface area contributed by atoms with Crippen molar-refractivity contribution < 1.29 is 18.7 Å². The Kier molecular flexibility index (Phi) is 7.21.